The SMILES string of the molecule is COc1ccc(F)c(-c2ncc(COc3cccc(C(CC(=O)O)C4CC4)c3)nc2OC2COC2)c1. The zero-order valence-electron chi connectivity index (χ0n) is 19.9. The van der Waals surface area contributed by atoms with Crippen molar-refractivity contribution in [2.24, 2.45) is 5.92 Å². The van der Waals surface area contributed by atoms with Gasteiger partial charge in [0.2, 0.25) is 5.88 Å². The van der Waals surface area contributed by atoms with E-state index in [1.54, 1.807) is 6.07 Å². The molecule has 1 saturated carbocycles. The number of benzene rings is 2. The van der Waals surface area contributed by atoms with E-state index in [0.717, 1.165) is 18.4 Å². The van der Waals surface area contributed by atoms with Crippen LogP contribution in [0.3, 0.4) is 0 Å². The molecule has 5 rings (SSSR count). The number of carboxylic acids is 1. The third-order valence-electron chi connectivity index (χ3n) is 6.36. The van der Waals surface area contributed by atoms with Crippen molar-refractivity contribution in [1.29, 1.82) is 0 Å². The van der Waals surface area contributed by atoms with E-state index in [1.165, 1.54) is 25.4 Å². The molecule has 188 valence electrons. The van der Waals surface area contributed by atoms with E-state index in [2.05, 4.69) is 9.97 Å². The van der Waals surface area contributed by atoms with Gasteiger partial charge in [-0.2, -0.15) is 0 Å². The third-order valence-corrected chi connectivity index (χ3v) is 6.36. The summed E-state index contributed by atoms with van der Waals surface area (Å²) < 4.78 is 37.0. The molecular weight excluding hydrogens is 467 g/mol. The van der Waals surface area contributed by atoms with Crippen molar-refractivity contribution < 1.29 is 33.2 Å². The molecule has 2 aliphatic rings. The lowest BCUT2D eigenvalue weighted by molar-refractivity contribution is -0.137. The summed E-state index contributed by atoms with van der Waals surface area (Å²) in [6.45, 7) is 0.962. The molecule has 1 aliphatic carbocycles. The van der Waals surface area contributed by atoms with E-state index in [0.29, 0.717) is 36.3 Å². The van der Waals surface area contributed by atoms with Crippen LogP contribution in [0.2, 0.25) is 0 Å². The summed E-state index contributed by atoms with van der Waals surface area (Å²) >= 11 is 0. The Morgan fingerprint density at radius 1 is 1.19 bits per heavy atom. The van der Waals surface area contributed by atoms with Crippen LogP contribution < -0.4 is 14.2 Å². The summed E-state index contributed by atoms with van der Waals surface area (Å²) in [6.07, 6.45) is 3.54. The van der Waals surface area contributed by atoms with Crippen LogP contribution in [0.25, 0.3) is 11.3 Å². The Morgan fingerprint density at radius 3 is 2.72 bits per heavy atom. The zero-order chi connectivity index (χ0) is 25.1. The molecule has 9 heteroatoms. The van der Waals surface area contributed by atoms with Gasteiger partial charge < -0.3 is 24.1 Å². The van der Waals surface area contributed by atoms with Gasteiger partial charge in [-0.3, -0.25) is 4.79 Å². The number of carbonyl (C=O) groups is 1. The maximum Gasteiger partial charge on any atom is 0.303 e. The fourth-order valence-electron chi connectivity index (χ4n) is 4.23. The minimum atomic E-state index is -0.801. The average Bonchev–Trinajstić information content (AvgIpc) is 3.69. The highest BCUT2D eigenvalue weighted by Gasteiger charge is 2.34. The van der Waals surface area contributed by atoms with Gasteiger partial charge in [-0.25, -0.2) is 14.4 Å². The Bertz CT molecular complexity index is 1240. The van der Waals surface area contributed by atoms with Gasteiger partial charge in [0.1, 0.15) is 41.4 Å². The van der Waals surface area contributed by atoms with E-state index in [1.807, 2.05) is 24.3 Å². The number of methoxy groups -OCH3 is 1. The molecule has 36 heavy (non-hydrogen) atoms. The van der Waals surface area contributed by atoms with E-state index in [-0.39, 0.29) is 42.2 Å². The monoisotopic (exact) mass is 494 g/mol. The normalized spacial score (nSPS) is 16.2. The summed E-state index contributed by atoms with van der Waals surface area (Å²) in [5.41, 5.74) is 1.96. The lowest BCUT2D eigenvalue weighted by Crippen LogP contribution is -2.39. The minimum Gasteiger partial charge on any atom is -0.497 e. The molecule has 8 nitrogen and oxygen atoms in total. The molecule has 0 bridgehead atoms. The van der Waals surface area contributed by atoms with E-state index in [4.69, 9.17) is 18.9 Å². The van der Waals surface area contributed by atoms with Crippen molar-refractivity contribution in [2.75, 3.05) is 20.3 Å². The molecule has 3 aromatic rings. The Hall–Kier alpha value is -3.72. The predicted octanol–water partition coefficient (Wildman–Crippen LogP) is 4.62. The molecule has 1 N–H and O–H groups in total. The average molecular weight is 495 g/mol. The number of halogens is 1. The van der Waals surface area contributed by atoms with Gasteiger partial charge >= 0.3 is 5.97 Å². The van der Waals surface area contributed by atoms with E-state index in [9.17, 15) is 14.3 Å². The number of hydrogen-bond acceptors (Lipinski definition) is 7. The van der Waals surface area contributed by atoms with Gasteiger partial charge in [0.15, 0.2) is 0 Å². The second-order valence-electron chi connectivity index (χ2n) is 9.04. The zero-order valence-corrected chi connectivity index (χ0v) is 19.9. The highest BCUT2D eigenvalue weighted by atomic mass is 19.1. The van der Waals surface area contributed by atoms with Crippen LogP contribution >= 0.6 is 0 Å². The van der Waals surface area contributed by atoms with Crippen molar-refractivity contribution in [3.63, 3.8) is 0 Å². The maximum atomic E-state index is 14.7. The van der Waals surface area contributed by atoms with Crippen molar-refractivity contribution in [3.05, 3.63) is 65.7 Å². The van der Waals surface area contributed by atoms with E-state index < -0.39 is 11.8 Å². The first-order chi connectivity index (χ1) is 17.5. The standard InChI is InChI=1S/C27H27FN2O6/c1-33-19-7-8-24(28)23(10-19)26-27(36-21-14-34-15-21)30-18(12-29-26)13-35-20-4-2-3-17(9-20)22(11-25(31)32)16-5-6-16/h2-4,7-10,12,16,21-22H,5-6,11,13-15H2,1H3,(H,31,32). The molecular formula is C27H27FN2O6. The molecule has 2 heterocycles. The lowest BCUT2D eigenvalue weighted by atomic mass is 9.91. The van der Waals surface area contributed by atoms with Crippen molar-refractivity contribution in [3.8, 4) is 28.6 Å². The molecule has 0 spiro atoms. The van der Waals surface area contributed by atoms with Crippen LogP contribution in [0, 0.1) is 11.7 Å². The molecule has 2 aromatic carbocycles. The van der Waals surface area contributed by atoms with Crippen molar-refractivity contribution in [1.82, 2.24) is 9.97 Å². The molecule has 1 aliphatic heterocycles. The quantitative estimate of drug-likeness (QED) is 0.412. The fraction of sp³-hybridized carbons (Fsp3) is 0.370. The predicted molar refractivity (Wildman–Crippen MR) is 128 cm³/mol. The Kier molecular flexibility index (Phi) is 6.99. The Labute approximate surface area is 208 Å². The highest BCUT2D eigenvalue weighted by Crippen LogP contribution is 2.45. The smallest absolute Gasteiger partial charge is 0.303 e. The third kappa shape index (κ3) is 5.57. The van der Waals surface area contributed by atoms with Crippen LogP contribution in [0.4, 0.5) is 4.39 Å². The number of nitrogens with zero attached hydrogens (tertiary/aromatic N) is 2. The maximum absolute atomic E-state index is 14.7. The van der Waals surface area contributed by atoms with Crippen LogP contribution in [0.5, 0.6) is 17.4 Å². The Morgan fingerprint density at radius 2 is 2.03 bits per heavy atom. The number of carboxylic acid groups (broad SMARTS) is 1. The second kappa shape index (κ2) is 10.5. The topological polar surface area (TPSA) is 100 Å². The molecule has 1 saturated heterocycles. The Balaban J connectivity index is 1.36. The van der Waals surface area contributed by atoms with Gasteiger partial charge in [0.05, 0.1) is 32.9 Å². The minimum absolute atomic E-state index is 0.0208. The largest absolute Gasteiger partial charge is 0.497 e. The van der Waals surface area contributed by atoms with Crippen LogP contribution in [0.1, 0.15) is 36.4 Å². The highest BCUT2D eigenvalue weighted by molar-refractivity contribution is 5.68. The van der Waals surface area contributed by atoms with Crippen LogP contribution in [0.15, 0.2) is 48.7 Å². The molecule has 0 radical (unpaired) electrons. The van der Waals surface area contributed by atoms with Gasteiger partial charge in [-0.1, -0.05) is 12.1 Å². The summed E-state index contributed by atoms with van der Waals surface area (Å²) in [6, 6.07) is 11.9. The van der Waals surface area contributed by atoms with Crippen LogP contribution in [-0.2, 0) is 16.1 Å². The molecule has 1 unspecified atom stereocenters. The van der Waals surface area contributed by atoms with Gasteiger partial charge in [0.25, 0.3) is 0 Å². The van der Waals surface area contributed by atoms with Crippen molar-refractivity contribution >= 4 is 5.97 Å². The summed E-state index contributed by atoms with van der Waals surface area (Å²) in [7, 11) is 1.51. The number of ether oxygens (including phenoxy) is 4. The van der Waals surface area contributed by atoms with Crippen molar-refractivity contribution in [2.45, 2.75) is 37.9 Å². The van der Waals surface area contributed by atoms with Gasteiger partial charge in [-0.05, 0) is 60.6 Å². The molecule has 1 atom stereocenters. The summed E-state index contributed by atoms with van der Waals surface area (Å²) in [5.74, 6) is 0.418. The number of rotatable bonds is 11. The summed E-state index contributed by atoms with van der Waals surface area (Å²) in [5, 5.41) is 9.31. The first-order valence-electron chi connectivity index (χ1n) is 11.9. The molecule has 1 aromatic heterocycles. The first-order valence-corrected chi connectivity index (χ1v) is 11.9. The second-order valence-corrected chi connectivity index (χ2v) is 9.04. The summed E-state index contributed by atoms with van der Waals surface area (Å²) in [4.78, 5) is 20.4. The first kappa shape index (κ1) is 24.0. The van der Waals surface area contributed by atoms with Gasteiger partial charge in [0, 0.05) is 5.56 Å². The number of aliphatic carboxylic acids is 1. The lowest BCUT2D eigenvalue weighted by Gasteiger charge is -2.27. The molecule has 2 fully saturated rings. The molecule has 0 amide bonds. The van der Waals surface area contributed by atoms with Crippen LogP contribution in [-0.4, -0.2) is 47.5 Å². The van der Waals surface area contributed by atoms with E-state index >= 15 is 0 Å². The number of aromatic nitrogens is 2. The van der Waals surface area contributed by atoms with Gasteiger partial charge in [-0.15, -0.1) is 0 Å². The fourth-order valence-corrected chi connectivity index (χ4v) is 4.23. The number of hydrogen-bond donors (Lipinski definition) is 1.